The first kappa shape index (κ1) is 22.9. The first-order valence-corrected chi connectivity index (χ1v) is 11.8. The van der Waals surface area contributed by atoms with Gasteiger partial charge >= 0.3 is 5.97 Å². The fraction of sp³-hybridized carbons (Fsp3) is 0.708. The molecule has 0 bridgehead atoms. The molecule has 2 unspecified atom stereocenters. The molecule has 0 aromatic heterocycles. The Balaban J connectivity index is 1.76. The Hall–Kier alpha value is -1.31. The molecule has 0 aromatic rings. The second-order valence-corrected chi connectivity index (χ2v) is 11.7. The first-order valence-electron chi connectivity index (χ1n) is 11.0. The highest BCUT2D eigenvalue weighted by atomic mass is 79.9. The number of esters is 1. The number of ether oxygens (including phenoxy) is 1. The third-order valence-corrected chi connectivity index (χ3v) is 11.0. The zero-order valence-corrected chi connectivity index (χ0v) is 20.1. The summed E-state index contributed by atoms with van der Waals surface area (Å²) in [5.41, 5.74) is -2.05. The largest absolute Gasteiger partial charge is 0.458 e. The minimum absolute atomic E-state index is 0.000692. The zero-order chi connectivity index (χ0) is 23.0. The summed E-state index contributed by atoms with van der Waals surface area (Å²) in [6.45, 7) is 6.60. The van der Waals surface area contributed by atoms with Crippen LogP contribution in [-0.4, -0.2) is 50.4 Å². The molecule has 2 N–H and O–H groups in total. The van der Waals surface area contributed by atoms with E-state index in [2.05, 4.69) is 22.9 Å². The van der Waals surface area contributed by atoms with E-state index in [1.165, 1.54) is 6.92 Å². The molecule has 8 atom stereocenters. The molecule has 0 radical (unpaired) electrons. The van der Waals surface area contributed by atoms with E-state index in [0.29, 0.717) is 6.42 Å². The molecular formula is C24H31BrO6. The van der Waals surface area contributed by atoms with Crippen LogP contribution in [0.2, 0.25) is 0 Å². The molecule has 3 fully saturated rings. The normalized spacial score (nSPS) is 48.4. The van der Waals surface area contributed by atoms with Gasteiger partial charge in [0.25, 0.3) is 0 Å². The summed E-state index contributed by atoms with van der Waals surface area (Å²) in [7, 11) is 0. The van der Waals surface area contributed by atoms with E-state index < -0.39 is 45.2 Å². The summed E-state index contributed by atoms with van der Waals surface area (Å²) in [6, 6.07) is 0. The van der Waals surface area contributed by atoms with Crippen molar-refractivity contribution in [3.8, 4) is 0 Å². The van der Waals surface area contributed by atoms with Gasteiger partial charge in [0.15, 0.2) is 12.4 Å². The Labute approximate surface area is 191 Å². The van der Waals surface area contributed by atoms with Crippen LogP contribution in [0.1, 0.15) is 53.4 Å². The predicted molar refractivity (Wildman–Crippen MR) is 117 cm³/mol. The predicted octanol–water partition coefficient (Wildman–Crippen LogP) is 2.89. The number of carbonyl (C=O) groups excluding carboxylic acids is 3. The van der Waals surface area contributed by atoms with E-state index in [-0.39, 0.29) is 30.0 Å². The van der Waals surface area contributed by atoms with Gasteiger partial charge in [0.1, 0.15) is 5.60 Å². The number of allylic oxidation sites excluding steroid dienone is 4. The Kier molecular flexibility index (Phi) is 5.23. The average molecular weight is 495 g/mol. The third kappa shape index (κ3) is 2.78. The number of Topliss-reactive ketones (excluding diaryl/α,β-unsaturated/α-hetero) is 1. The number of alkyl halides is 1. The van der Waals surface area contributed by atoms with Crippen molar-refractivity contribution in [2.24, 2.45) is 28.6 Å². The van der Waals surface area contributed by atoms with E-state index in [0.717, 1.165) is 18.4 Å². The summed E-state index contributed by atoms with van der Waals surface area (Å²) in [5, 5.41) is 23.3. The molecule has 0 heterocycles. The van der Waals surface area contributed by atoms with Gasteiger partial charge in [-0.1, -0.05) is 48.4 Å². The van der Waals surface area contributed by atoms with E-state index in [1.807, 2.05) is 19.9 Å². The molecule has 4 aliphatic carbocycles. The van der Waals surface area contributed by atoms with Gasteiger partial charge in [-0.2, -0.15) is 0 Å². The molecule has 0 aromatic carbocycles. The minimum Gasteiger partial charge on any atom is -0.458 e. The van der Waals surface area contributed by atoms with Gasteiger partial charge in [-0.25, -0.2) is 0 Å². The highest BCUT2D eigenvalue weighted by Crippen LogP contribution is 2.71. The maximum absolute atomic E-state index is 13.1. The Morgan fingerprint density at radius 3 is 2.61 bits per heavy atom. The van der Waals surface area contributed by atoms with Gasteiger partial charge < -0.3 is 14.9 Å². The number of ketones is 2. The fourth-order valence-electron chi connectivity index (χ4n) is 7.42. The lowest BCUT2D eigenvalue weighted by Gasteiger charge is -2.64. The van der Waals surface area contributed by atoms with Crippen LogP contribution in [-0.2, 0) is 19.1 Å². The topological polar surface area (TPSA) is 101 Å². The lowest BCUT2D eigenvalue weighted by Crippen LogP contribution is -2.68. The molecule has 4 aliphatic rings. The molecule has 170 valence electrons. The first-order chi connectivity index (χ1) is 14.3. The summed E-state index contributed by atoms with van der Waals surface area (Å²) in [6.07, 6.45) is 6.70. The SMILES string of the molecule is CC(=O)OCC(=O)[C@@]1(O)C(C)C[C@H]2[C@H]3CCC4=CC(=O)C=C[C@]4(C)[C@@]3(Br)C(O)C[C@@]21C. The van der Waals surface area contributed by atoms with Crippen LogP contribution in [0.15, 0.2) is 23.8 Å². The maximum atomic E-state index is 13.1. The quantitative estimate of drug-likeness (QED) is 0.462. The van der Waals surface area contributed by atoms with Crippen LogP contribution in [0, 0.1) is 28.6 Å². The van der Waals surface area contributed by atoms with Crippen molar-refractivity contribution in [2.45, 2.75) is 69.4 Å². The van der Waals surface area contributed by atoms with Gasteiger partial charge in [0.05, 0.1) is 10.4 Å². The van der Waals surface area contributed by atoms with Crippen LogP contribution >= 0.6 is 15.9 Å². The number of rotatable bonds is 3. The monoisotopic (exact) mass is 494 g/mol. The number of fused-ring (bicyclic) bond motifs is 5. The van der Waals surface area contributed by atoms with Crippen LogP contribution < -0.4 is 0 Å². The standard InChI is InChI=1S/C24H31BrO6/c1-13-9-18-17-6-5-15-10-16(27)7-8-21(15,3)23(17,25)19(28)11-22(18,4)24(13,30)20(29)12-31-14(2)26/h7-8,10,13,17-19,28,30H,5-6,9,11-12H2,1-4H3/t13?,17-,18+,19?,21+,22+,23+,24+/m1/s1. The average Bonchev–Trinajstić information content (AvgIpc) is 2.89. The number of halogens is 1. The molecule has 0 aliphatic heterocycles. The Morgan fingerprint density at radius 1 is 1.29 bits per heavy atom. The second kappa shape index (κ2) is 7.09. The molecule has 4 rings (SSSR count). The van der Waals surface area contributed by atoms with Crippen molar-refractivity contribution in [3.05, 3.63) is 23.8 Å². The molecular weight excluding hydrogens is 464 g/mol. The summed E-state index contributed by atoms with van der Waals surface area (Å²) >= 11 is 3.97. The molecule has 6 nitrogen and oxygen atoms in total. The van der Waals surface area contributed by atoms with Crippen LogP contribution in [0.25, 0.3) is 0 Å². The van der Waals surface area contributed by atoms with Gasteiger partial charge in [-0.3, -0.25) is 14.4 Å². The summed E-state index contributed by atoms with van der Waals surface area (Å²) in [4.78, 5) is 36.4. The smallest absolute Gasteiger partial charge is 0.303 e. The van der Waals surface area contributed by atoms with Gasteiger partial charge in [-0.15, -0.1) is 0 Å². The fourth-order valence-corrected chi connectivity index (χ4v) is 8.51. The maximum Gasteiger partial charge on any atom is 0.303 e. The van der Waals surface area contributed by atoms with E-state index in [4.69, 9.17) is 4.74 Å². The molecule has 0 amide bonds. The Morgan fingerprint density at radius 2 is 1.97 bits per heavy atom. The van der Waals surface area contributed by atoms with Crippen molar-refractivity contribution >= 4 is 33.5 Å². The van der Waals surface area contributed by atoms with E-state index in [1.54, 1.807) is 12.2 Å². The number of carbonyl (C=O) groups is 3. The highest BCUT2D eigenvalue weighted by molar-refractivity contribution is 9.10. The summed E-state index contributed by atoms with van der Waals surface area (Å²) in [5.74, 6) is -1.44. The zero-order valence-electron chi connectivity index (χ0n) is 18.5. The van der Waals surface area contributed by atoms with Crippen molar-refractivity contribution in [1.29, 1.82) is 0 Å². The third-order valence-electron chi connectivity index (χ3n) is 9.05. The van der Waals surface area contributed by atoms with Crippen molar-refractivity contribution < 1.29 is 29.3 Å². The number of aliphatic hydroxyl groups is 2. The van der Waals surface area contributed by atoms with Gasteiger partial charge in [0, 0.05) is 17.8 Å². The molecule has 0 spiro atoms. The number of hydrogen-bond acceptors (Lipinski definition) is 6. The number of hydrogen-bond donors (Lipinski definition) is 2. The second-order valence-electron chi connectivity index (χ2n) is 10.4. The Bertz CT molecular complexity index is 910. The van der Waals surface area contributed by atoms with Gasteiger partial charge in [0.2, 0.25) is 5.78 Å². The van der Waals surface area contributed by atoms with Crippen LogP contribution in [0.4, 0.5) is 0 Å². The van der Waals surface area contributed by atoms with Crippen molar-refractivity contribution in [3.63, 3.8) is 0 Å². The molecule has 31 heavy (non-hydrogen) atoms. The molecule has 3 saturated carbocycles. The highest BCUT2D eigenvalue weighted by Gasteiger charge is 2.74. The van der Waals surface area contributed by atoms with Crippen molar-refractivity contribution in [2.75, 3.05) is 6.61 Å². The lowest BCUT2D eigenvalue weighted by molar-refractivity contribution is -0.181. The van der Waals surface area contributed by atoms with Crippen LogP contribution in [0.3, 0.4) is 0 Å². The van der Waals surface area contributed by atoms with Crippen LogP contribution in [0.5, 0.6) is 0 Å². The summed E-state index contributed by atoms with van der Waals surface area (Å²) < 4.78 is 4.24. The van der Waals surface area contributed by atoms with Crippen molar-refractivity contribution in [1.82, 2.24) is 0 Å². The number of aliphatic hydroxyl groups excluding tert-OH is 1. The molecule has 7 heteroatoms. The van der Waals surface area contributed by atoms with Gasteiger partial charge in [-0.05, 0) is 55.6 Å². The molecule has 0 saturated heterocycles. The van der Waals surface area contributed by atoms with E-state index in [9.17, 15) is 24.6 Å². The minimum atomic E-state index is -1.68. The lowest BCUT2D eigenvalue weighted by atomic mass is 9.46. The van der Waals surface area contributed by atoms with E-state index >= 15 is 0 Å².